The number of likely N-dealkylation sites (tertiary alicyclic amines) is 1. The van der Waals surface area contributed by atoms with E-state index in [1.807, 2.05) is 28.0 Å². The molecule has 8 heteroatoms. The second-order valence-electron chi connectivity index (χ2n) is 10.7. The summed E-state index contributed by atoms with van der Waals surface area (Å²) in [7, 11) is 1.62. The summed E-state index contributed by atoms with van der Waals surface area (Å²) in [6.45, 7) is 9.09. The number of aromatic nitrogens is 4. The van der Waals surface area contributed by atoms with Crippen LogP contribution in [-0.2, 0) is 19.5 Å². The Morgan fingerprint density at radius 3 is 2.51 bits per heavy atom. The molecule has 1 fully saturated rings. The number of nitrogens with one attached hydrogen (secondary N) is 1. The fourth-order valence-corrected chi connectivity index (χ4v) is 5.87. The van der Waals surface area contributed by atoms with Crippen LogP contribution in [0.1, 0.15) is 62.5 Å². The molecule has 0 radical (unpaired) electrons. The number of benzene rings is 1. The molecule has 4 aromatic rings. The first-order valence-corrected chi connectivity index (χ1v) is 14.5. The summed E-state index contributed by atoms with van der Waals surface area (Å²) in [5, 5.41) is 3.78. The summed E-state index contributed by atoms with van der Waals surface area (Å²) in [5.74, 6) is 1.39. The van der Waals surface area contributed by atoms with E-state index in [-0.39, 0.29) is 5.56 Å². The summed E-state index contributed by atoms with van der Waals surface area (Å²) in [4.78, 5) is 25.5. The minimum atomic E-state index is 0.0134. The third-order valence-corrected chi connectivity index (χ3v) is 8.00. The summed E-state index contributed by atoms with van der Waals surface area (Å²) >= 11 is 0. The zero-order valence-electron chi connectivity index (χ0n) is 23.7. The van der Waals surface area contributed by atoms with Crippen LogP contribution in [0.15, 0.2) is 47.3 Å². The van der Waals surface area contributed by atoms with Crippen LogP contribution in [0.25, 0.3) is 16.7 Å². The van der Waals surface area contributed by atoms with Gasteiger partial charge in [0.15, 0.2) is 5.65 Å². The van der Waals surface area contributed by atoms with E-state index in [9.17, 15) is 4.79 Å². The summed E-state index contributed by atoms with van der Waals surface area (Å²) in [6.07, 6.45) is 7.55. The number of imidazole rings is 1. The smallest absolute Gasteiger partial charge is 0.277 e. The van der Waals surface area contributed by atoms with Gasteiger partial charge in [0.1, 0.15) is 11.3 Å². The standard InChI is InChI=1S/C31H42N6O2/c1-4-27-33-23(2)29-31(38)36(26-14-15-28(39-3)34-30(26)37(27)29)19-11-6-5-10-18-32-25-16-20-35(21-17-25)22-24-12-8-7-9-13-24/h7-9,12-15,25,32H,4-6,10-11,16-22H2,1-3H3. The lowest BCUT2D eigenvalue weighted by molar-refractivity contribution is 0.190. The fourth-order valence-electron chi connectivity index (χ4n) is 5.87. The van der Waals surface area contributed by atoms with Gasteiger partial charge in [-0.05, 0) is 63.9 Å². The molecule has 1 aliphatic rings. The number of pyridine rings is 1. The van der Waals surface area contributed by atoms with Crippen LogP contribution in [0, 0.1) is 6.92 Å². The van der Waals surface area contributed by atoms with Crippen molar-refractivity contribution in [1.82, 2.24) is 29.2 Å². The lowest BCUT2D eigenvalue weighted by atomic mass is 10.0. The van der Waals surface area contributed by atoms with Crippen molar-refractivity contribution >= 4 is 16.7 Å². The predicted octanol–water partition coefficient (Wildman–Crippen LogP) is 4.74. The van der Waals surface area contributed by atoms with Crippen molar-refractivity contribution < 1.29 is 4.74 Å². The van der Waals surface area contributed by atoms with E-state index in [1.165, 1.54) is 24.8 Å². The van der Waals surface area contributed by atoms with Gasteiger partial charge in [-0.15, -0.1) is 0 Å². The molecule has 1 saturated heterocycles. The molecule has 8 nitrogen and oxygen atoms in total. The Labute approximate surface area is 231 Å². The van der Waals surface area contributed by atoms with Crippen LogP contribution in [-0.4, -0.2) is 56.6 Å². The second kappa shape index (κ2) is 12.7. The Morgan fingerprint density at radius 1 is 1.00 bits per heavy atom. The largest absolute Gasteiger partial charge is 0.481 e. The average molecular weight is 531 g/mol. The van der Waals surface area contributed by atoms with Crippen LogP contribution in [0.5, 0.6) is 5.88 Å². The molecular formula is C31H42N6O2. The van der Waals surface area contributed by atoms with Gasteiger partial charge >= 0.3 is 0 Å². The minimum Gasteiger partial charge on any atom is -0.481 e. The molecule has 0 spiro atoms. The van der Waals surface area contributed by atoms with Gasteiger partial charge in [-0.1, -0.05) is 50.1 Å². The third kappa shape index (κ3) is 6.17. The number of hydrogen-bond donors (Lipinski definition) is 1. The summed E-state index contributed by atoms with van der Waals surface area (Å²) in [5.41, 5.74) is 4.37. The molecule has 39 heavy (non-hydrogen) atoms. The third-order valence-electron chi connectivity index (χ3n) is 8.00. The van der Waals surface area contributed by atoms with Crippen molar-refractivity contribution in [3.8, 4) is 5.88 Å². The maximum Gasteiger partial charge on any atom is 0.277 e. The molecule has 0 amide bonds. The number of aryl methyl sites for hydroxylation is 3. The molecule has 0 unspecified atom stereocenters. The first-order valence-electron chi connectivity index (χ1n) is 14.5. The Morgan fingerprint density at radius 2 is 1.77 bits per heavy atom. The molecule has 3 aromatic heterocycles. The molecule has 0 saturated carbocycles. The van der Waals surface area contributed by atoms with Crippen LogP contribution in [0.4, 0.5) is 0 Å². The summed E-state index contributed by atoms with van der Waals surface area (Å²) in [6, 6.07) is 15.2. The average Bonchev–Trinajstić information content (AvgIpc) is 3.31. The number of unbranched alkanes of at least 4 members (excludes halogenated alkanes) is 3. The quantitative estimate of drug-likeness (QED) is 0.267. The number of ether oxygens (including phenoxy) is 1. The zero-order chi connectivity index (χ0) is 27.2. The molecule has 0 atom stereocenters. The number of methoxy groups -OCH3 is 1. The molecule has 0 bridgehead atoms. The number of rotatable bonds is 12. The molecular weight excluding hydrogens is 488 g/mol. The topological polar surface area (TPSA) is 76.7 Å². The summed E-state index contributed by atoms with van der Waals surface area (Å²) < 4.78 is 9.19. The number of nitrogens with zero attached hydrogens (tertiary/aromatic N) is 5. The maximum atomic E-state index is 13.5. The lowest BCUT2D eigenvalue weighted by Gasteiger charge is -2.32. The van der Waals surface area contributed by atoms with Crippen molar-refractivity contribution in [2.75, 3.05) is 26.7 Å². The van der Waals surface area contributed by atoms with Crippen molar-refractivity contribution in [3.63, 3.8) is 0 Å². The van der Waals surface area contributed by atoms with E-state index in [0.717, 1.165) is 74.5 Å². The van der Waals surface area contributed by atoms with Crippen molar-refractivity contribution in [2.45, 2.75) is 77.9 Å². The van der Waals surface area contributed by atoms with E-state index in [2.05, 4.69) is 52.5 Å². The van der Waals surface area contributed by atoms with Crippen molar-refractivity contribution in [2.24, 2.45) is 0 Å². The van der Waals surface area contributed by atoms with E-state index in [0.29, 0.717) is 24.0 Å². The lowest BCUT2D eigenvalue weighted by Crippen LogP contribution is -2.42. The predicted molar refractivity (Wildman–Crippen MR) is 157 cm³/mol. The highest BCUT2D eigenvalue weighted by molar-refractivity contribution is 5.77. The number of hydrogen-bond acceptors (Lipinski definition) is 6. The molecule has 4 heterocycles. The Bertz CT molecular complexity index is 1440. The molecule has 208 valence electrons. The van der Waals surface area contributed by atoms with E-state index < -0.39 is 0 Å². The van der Waals surface area contributed by atoms with Crippen molar-refractivity contribution in [1.29, 1.82) is 0 Å². The first kappa shape index (κ1) is 27.3. The molecule has 0 aliphatic carbocycles. The Balaban J connectivity index is 1.11. The van der Waals surface area contributed by atoms with Crippen LogP contribution < -0.4 is 15.6 Å². The van der Waals surface area contributed by atoms with Gasteiger partial charge in [0.2, 0.25) is 5.88 Å². The Kier molecular flexibility index (Phi) is 8.94. The van der Waals surface area contributed by atoms with Crippen LogP contribution >= 0.6 is 0 Å². The molecule has 1 aliphatic heterocycles. The van der Waals surface area contributed by atoms with Gasteiger partial charge in [-0.3, -0.25) is 14.1 Å². The highest BCUT2D eigenvalue weighted by atomic mass is 16.5. The van der Waals surface area contributed by atoms with Crippen molar-refractivity contribution in [3.05, 3.63) is 69.9 Å². The fraction of sp³-hybridized carbons (Fsp3) is 0.516. The number of fused-ring (bicyclic) bond motifs is 3. The van der Waals surface area contributed by atoms with Crippen LogP contribution in [0.2, 0.25) is 0 Å². The monoisotopic (exact) mass is 530 g/mol. The van der Waals surface area contributed by atoms with Gasteiger partial charge in [-0.2, -0.15) is 4.98 Å². The zero-order valence-corrected chi connectivity index (χ0v) is 23.7. The Hall–Kier alpha value is -3.23. The van der Waals surface area contributed by atoms with Gasteiger partial charge in [0.05, 0.1) is 18.3 Å². The highest BCUT2D eigenvalue weighted by Gasteiger charge is 2.20. The van der Waals surface area contributed by atoms with Gasteiger partial charge in [0, 0.05) is 31.6 Å². The first-order chi connectivity index (χ1) is 19.1. The molecule has 1 N–H and O–H groups in total. The molecule has 5 rings (SSSR count). The maximum absolute atomic E-state index is 13.5. The van der Waals surface area contributed by atoms with Crippen LogP contribution in [0.3, 0.4) is 0 Å². The normalized spacial score (nSPS) is 14.9. The van der Waals surface area contributed by atoms with E-state index >= 15 is 0 Å². The van der Waals surface area contributed by atoms with Gasteiger partial charge in [0.25, 0.3) is 5.56 Å². The highest BCUT2D eigenvalue weighted by Crippen LogP contribution is 2.21. The second-order valence-corrected chi connectivity index (χ2v) is 10.7. The minimum absolute atomic E-state index is 0.0134. The van der Waals surface area contributed by atoms with E-state index in [4.69, 9.17) is 9.72 Å². The molecule has 1 aromatic carbocycles. The van der Waals surface area contributed by atoms with Gasteiger partial charge < -0.3 is 14.6 Å². The SMILES string of the molecule is CCc1nc(C)c2c(=O)n(CCCCCCNC3CCN(Cc4ccccc4)CC3)c3ccc(OC)nc3n12. The number of piperidine rings is 1. The van der Waals surface area contributed by atoms with Gasteiger partial charge in [-0.25, -0.2) is 4.98 Å². The van der Waals surface area contributed by atoms with E-state index in [1.54, 1.807) is 7.11 Å².